The van der Waals surface area contributed by atoms with Crippen molar-refractivity contribution in [3.05, 3.63) is 0 Å². The summed E-state index contributed by atoms with van der Waals surface area (Å²) in [5.41, 5.74) is 0. The normalized spacial score (nSPS) is 22.1. The van der Waals surface area contributed by atoms with Crippen LogP contribution in [0.25, 0.3) is 0 Å². The van der Waals surface area contributed by atoms with Crippen LogP contribution in [-0.4, -0.2) is 62.0 Å². The Balaban J connectivity index is 1.58. The quantitative estimate of drug-likeness (QED) is 0.546. The predicted molar refractivity (Wildman–Crippen MR) is 68.1 cm³/mol. The maximum atomic E-state index is 9.98. The fourth-order valence-electron chi connectivity index (χ4n) is 2.22. The van der Waals surface area contributed by atoms with E-state index in [1.165, 1.54) is 32.2 Å². The van der Waals surface area contributed by atoms with Crippen molar-refractivity contribution in [1.29, 1.82) is 0 Å². The predicted octanol–water partition coefficient (Wildman–Crippen LogP) is 0.458. The van der Waals surface area contributed by atoms with Crippen molar-refractivity contribution in [3.8, 4) is 0 Å². The highest BCUT2D eigenvalue weighted by Crippen LogP contribution is 2.34. The SMILES string of the molecule is COCCNCC(O)CN(CC1CC1)C1CC1. The van der Waals surface area contributed by atoms with Gasteiger partial charge in [0.25, 0.3) is 0 Å². The Morgan fingerprint density at radius 3 is 2.71 bits per heavy atom. The van der Waals surface area contributed by atoms with Gasteiger partial charge < -0.3 is 15.2 Å². The first-order chi connectivity index (χ1) is 8.29. The number of rotatable bonds is 10. The van der Waals surface area contributed by atoms with Crippen LogP contribution in [0.3, 0.4) is 0 Å². The molecule has 1 unspecified atom stereocenters. The molecule has 0 heterocycles. The van der Waals surface area contributed by atoms with Gasteiger partial charge in [-0.1, -0.05) is 0 Å². The highest BCUT2D eigenvalue weighted by Gasteiger charge is 2.34. The molecule has 0 aromatic heterocycles. The summed E-state index contributed by atoms with van der Waals surface area (Å²) in [5, 5.41) is 13.2. The lowest BCUT2D eigenvalue weighted by atomic mass is 10.2. The molecule has 4 nitrogen and oxygen atoms in total. The molecule has 2 N–H and O–H groups in total. The molecule has 0 aliphatic heterocycles. The topological polar surface area (TPSA) is 44.7 Å². The van der Waals surface area contributed by atoms with Gasteiger partial charge in [-0.05, 0) is 31.6 Å². The molecule has 1 atom stereocenters. The Bertz CT molecular complexity index is 217. The van der Waals surface area contributed by atoms with Crippen LogP contribution in [0.2, 0.25) is 0 Å². The molecule has 17 heavy (non-hydrogen) atoms. The van der Waals surface area contributed by atoms with Crippen LogP contribution in [0.4, 0.5) is 0 Å². The summed E-state index contributed by atoms with van der Waals surface area (Å²) in [6.07, 6.45) is 5.20. The average molecular weight is 242 g/mol. The summed E-state index contributed by atoms with van der Waals surface area (Å²) >= 11 is 0. The number of nitrogens with zero attached hydrogens (tertiary/aromatic N) is 1. The molecule has 0 bridgehead atoms. The molecule has 0 amide bonds. The van der Waals surface area contributed by atoms with Gasteiger partial charge in [0.15, 0.2) is 0 Å². The van der Waals surface area contributed by atoms with Gasteiger partial charge in [0.1, 0.15) is 0 Å². The lowest BCUT2D eigenvalue weighted by Gasteiger charge is -2.25. The summed E-state index contributed by atoms with van der Waals surface area (Å²) in [6, 6.07) is 0.768. The molecule has 100 valence electrons. The van der Waals surface area contributed by atoms with Crippen molar-refractivity contribution in [2.24, 2.45) is 5.92 Å². The van der Waals surface area contributed by atoms with Gasteiger partial charge in [-0.15, -0.1) is 0 Å². The smallest absolute Gasteiger partial charge is 0.0791 e. The Morgan fingerprint density at radius 1 is 1.35 bits per heavy atom. The minimum absolute atomic E-state index is 0.244. The van der Waals surface area contributed by atoms with Crippen molar-refractivity contribution in [3.63, 3.8) is 0 Å². The number of aliphatic hydroxyl groups is 1. The molecule has 2 saturated carbocycles. The van der Waals surface area contributed by atoms with Crippen LogP contribution >= 0.6 is 0 Å². The molecule has 2 aliphatic carbocycles. The van der Waals surface area contributed by atoms with E-state index in [1.54, 1.807) is 7.11 Å². The van der Waals surface area contributed by atoms with E-state index >= 15 is 0 Å². The Labute approximate surface area is 104 Å². The monoisotopic (exact) mass is 242 g/mol. The van der Waals surface area contributed by atoms with Crippen molar-refractivity contribution in [2.75, 3.05) is 39.9 Å². The number of nitrogens with one attached hydrogen (secondary N) is 1. The highest BCUT2D eigenvalue weighted by molar-refractivity contribution is 4.89. The lowest BCUT2D eigenvalue weighted by Crippen LogP contribution is -2.41. The van der Waals surface area contributed by atoms with Crippen molar-refractivity contribution in [2.45, 2.75) is 37.8 Å². The third kappa shape index (κ3) is 5.34. The van der Waals surface area contributed by atoms with E-state index in [2.05, 4.69) is 10.2 Å². The van der Waals surface area contributed by atoms with E-state index in [1.807, 2.05) is 0 Å². The third-order valence-corrected chi connectivity index (χ3v) is 3.56. The van der Waals surface area contributed by atoms with Gasteiger partial charge in [-0.3, -0.25) is 4.90 Å². The highest BCUT2D eigenvalue weighted by atomic mass is 16.5. The Hall–Kier alpha value is -0.160. The zero-order valence-electron chi connectivity index (χ0n) is 10.9. The zero-order chi connectivity index (χ0) is 12.1. The van der Waals surface area contributed by atoms with Crippen LogP contribution in [0.5, 0.6) is 0 Å². The van der Waals surface area contributed by atoms with Crippen molar-refractivity contribution < 1.29 is 9.84 Å². The lowest BCUT2D eigenvalue weighted by molar-refractivity contribution is 0.102. The van der Waals surface area contributed by atoms with Gasteiger partial charge in [0.05, 0.1) is 12.7 Å². The van der Waals surface area contributed by atoms with E-state index in [9.17, 15) is 5.11 Å². The minimum atomic E-state index is -0.244. The van der Waals surface area contributed by atoms with Crippen LogP contribution in [-0.2, 0) is 4.74 Å². The van der Waals surface area contributed by atoms with E-state index < -0.39 is 0 Å². The molecule has 0 saturated heterocycles. The fourth-order valence-corrected chi connectivity index (χ4v) is 2.22. The van der Waals surface area contributed by atoms with Crippen LogP contribution in [0.1, 0.15) is 25.7 Å². The van der Waals surface area contributed by atoms with Crippen LogP contribution < -0.4 is 5.32 Å². The van der Waals surface area contributed by atoms with Gasteiger partial charge in [0, 0.05) is 39.3 Å². The molecule has 0 aromatic rings. The maximum Gasteiger partial charge on any atom is 0.0791 e. The van der Waals surface area contributed by atoms with Gasteiger partial charge in [-0.25, -0.2) is 0 Å². The van der Waals surface area contributed by atoms with Crippen LogP contribution in [0, 0.1) is 5.92 Å². The second-order valence-electron chi connectivity index (χ2n) is 5.48. The molecule has 4 heteroatoms. The molecule has 2 rings (SSSR count). The molecule has 0 aromatic carbocycles. The summed E-state index contributed by atoms with van der Waals surface area (Å²) < 4.78 is 4.96. The first-order valence-corrected chi connectivity index (χ1v) is 6.91. The molecule has 0 radical (unpaired) electrons. The van der Waals surface area contributed by atoms with Gasteiger partial charge in [-0.2, -0.15) is 0 Å². The van der Waals surface area contributed by atoms with E-state index in [0.29, 0.717) is 13.2 Å². The van der Waals surface area contributed by atoms with Gasteiger partial charge >= 0.3 is 0 Å². The van der Waals surface area contributed by atoms with Gasteiger partial charge in [0.2, 0.25) is 0 Å². The standard InChI is InChI=1S/C13H26N2O2/c1-17-7-6-14-8-13(16)10-15(12-4-5-12)9-11-2-3-11/h11-14,16H,2-10H2,1H3. The second-order valence-corrected chi connectivity index (χ2v) is 5.48. The number of ether oxygens (including phenoxy) is 1. The summed E-state index contributed by atoms with van der Waals surface area (Å²) in [6.45, 7) is 4.25. The van der Waals surface area contributed by atoms with E-state index in [4.69, 9.17) is 4.74 Å². The molecular weight excluding hydrogens is 216 g/mol. The first kappa shape index (κ1) is 13.3. The fraction of sp³-hybridized carbons (Fsp3) is 1.00. The molecule has 2 fully saturated rings. The van der Waals surface area contributed by atoms with Crippen molar-refractivity contribution >= 4 is 0 Å². The number of aliphatic hydroxyl groups excluding tert-OH is 1. The largest absolute Gasteiger partial charge is 0.390 e. The minimum Gasteiger partial charge on any atom is -0.390 e. The maximum absolute atomic E-state index is 9.98. The first-order valence-electron chi connectivity index (χ1n) is 6.91. The Morgan fingerprint density at radius 2 is 2.12 bits per heavy atom. The number of methoxy groups -OCH3 is 1. The second kappa shape index (κ2) is 6.69. The van der Waals surface area contributed by atoms with Crippen LogP contribution in [0.15, 0.2) is 0 Å². The Kier molecular flexibility index (Phi) is 5.22. The summed E-state index contributed by atoms with van der Waals surface area (Å²) in [4.78, 5) is 2.50. The summed E-state index contributed by atoms with van der Waals surface area (Å²) in [7, 11) is 1.70. The third-order valence-electron chi connectivity index (χ3n) is 3.56. The van der Waals surface area contributed by atoms with E-state index in [0.717, 1.165) is 25.0 Å². The number of hydrogen-bond acceptors (Lipinski definition) is 4. The molecular formula is C13H26N2O2. The average Bonchev–Trinajstić information content (AvgIpc) is 3.16. The molecule has 2 aliphatic rings. The van der Waals surface area contributed by atoms with E-state index in [-0.39, 0.29) is 6.10 Å². The number of hydrogen-bond donors (Lipinski definition) is 2. The zero-order valence-corrected chi connectivity index (χ0v) is 10.9. The van der Waals surface area contributed by atoms with Crippen molar-refractivity contribution in [1.82, 2.24) is 10.2 Å². The molecule has 0 spiro atoms. The summed E-state index contributed by atoms with van der Waals surface area (Å²) in [5.74, 6) is 0.921.